The van der Waals surface area contributed by atoms with Crippen LogP contribution in [0, 0.1) is 5.82 Å². The summed E-state index contributed by atoms with van der Waals surface area (Å²) < 4.78 is 43.4. The van der Waals surface area contributed by atoms with E-state index in [0.717, 1.165) is 16.1 Å². The van der Waals surface area contributed by atoms with Crippen LogP contribution in [0.25, 0.3) is 0 Å². The van der Waals surface area contributed by atoms with Crippen LogP contribution in [0.1, 0.15) is 15.9 Å². The van der Waals surface area contributed by atoms with Gasteiger partial charge in [-0.05, 0) is 24.1 Å². The van der Waals surface area contributed by atoms with Crippen molar-refractivity contribution in [1.29, 1.82) is 0 Å². The van der Waals surface area contributed by atoms with Crippen LogP contribution in [0.3, 0.4) is 0 Å². The van der Waals surface area contributed by atoms with Gasteiger partial charge in [0.1, 0.15) is 12.1 Å². The average Bonchev–Trinajstić information content (AvgIpc) is 3.13. The lowest BCUT2D eigenvalue weighted by Crippen LogP contribution is -2.28. The molecule has 122 valence electrons. The van der Waals surface area contributed by atoms with Crippen molar-refractivity contribution in [3.8, 4) is 0 Å². The molecule has 0 saturated carbocycles. The van der Waals surface area contributed by atoms with Crippen LogP contribution < -0.4 is 4.90 Å². The molecule has 1 aliphatic heterocycles. The average molecular weight is 338 g/mol. The van der Waals surface area contributed by atoms with Crippen molar-refractivity contribution >= 4 is 21.6 Å². The summed E-state index contributed by atoms with van der Waals surface area (Å²) in [7, 11) is -0.997. The Morgan fingerprint density at radius 2 is 2.04 bits per heavy atom. The second-order valence-corrected chi connectivity index (χ2v) is 7.50. The van der Waals surface area contributed by atoms with Gasteiger partial charge in [0.25, 0.3) is 15.9 Å². The molecule has 0 N–H and O–H groups in total. The van der Waals surface area contributed by atoms with E-state index in [1.54, 1.807) is 6.07 Å². The van der Waals surface area contributed by atoms with Gasteiger partial charge in [0.15, 0.2) is 0 Å². The lowest BCUT2D eigenvalue weighted by Gasteiger charge is -2.16. The first-order valence-electron chi connectivity index (χ1n) is 6.92. The number of sulfonamides is 1. The van der Waals surface area contributed by atoms with E-state index in [9.17, 15) is 17.6 Å². The third kappa shape index (κ3) is 2.64. The quantitative estimate of drug-likeness (QED) is 0.857. The normalized spacial score (nSPS) is 14.3. The van der Waals surface area contributed by atoms with Crippen LogP contribution in [0.15, 0.2) is 40.0 Å². The first-order chi connectivity index (χ1) is 10.8. The molecule has 6 nitrogen and oxygen atoms in total. The van der Waals surface area contributed by atoms with Crippen molar-refractivity contribution in [2.24, 2.45) is 0 Å². The summed E-state index contributed by atoms with van der Waals surface area (Å²) in [5, 5.41) is -0.301. The molecule has 0 saturated heterocycles. The van der Waals surface area contributed by atoms with E-state index < -0.39 is 21.7 Å². The maximum atomic E-state index is 13.4. The molecule has 0 aliphatic carbocycles. The van der Waals surface area contributed by atoms with E-state index in [4.69, 9.17) is 4.42 Å². The molecule has 1 aromatic carbocycles. The van der Waals surface area contributed by atoms with Gasteiger partial charge in [0.2, 0.25) is 5.09 Å². The van der Waals surface area contributed by atoms with Gasteiger partial charge < -0.3 is 9.32 Å². The Bertz CT molecular complexity index is 873. The van der Waals surface area contributed by atoms with Gasteiger partial charge in [-0.15, -0.1) is 0 Å². The molecule has 1 amide bonds. The monoisotopic (exact) mass is 338 g/mol. The molecule has 0 atom stereocenters. The maximum absolute atomic E-state index is 13.4. The second kappa shape index (κ2) is 5.47. The largest absolute Gasteiger partial charge is 0.451 e. The zero-order valence-corrected chi connectivity index (χ0v) is 13.4. The highest BCUT2D eigenvalue weighted by Gasteiger charge is 2.29. The summed E-state index contributed by atoms with van der Waals surface area (Å²) in [6.45, 7) is 0.415. The van der Waals surface area contributed by atoms with Crippen LogP contribution in [-0.4, -0.2) is 39.3 Å². The van der Waals surface area contributed by atoms with E-state index in [1.165, 1.54) is 37.2 Å². The summed E-state index contributed by atoms with van der Waals surface area (Å²) >= 11 is 0. The topological polar surface area (TPSA) is 70.8 Å². The summed E-state index contributed by atoms with van der Waals surface area (Å²) in [6, 6.07) is 5.49. The van der Waals surface area contributed by atoms with E-state index in [2.05, 4.69) is 0 Å². The molecule has 1 aliphatic rings. The molecule has 2 heterocycles. The van der Waals surface area contributed by atoms with Gasteiger partial charge in [-0.1, -0.05) is 6.07 Å². The van der Waals surface area contributed by atoms with Crippen molar-refractivity contribution in [2.45, 2.75) is 11.5 Å². The Morgan fingerprint density at radius 1 is 1.30 bits per heavy atom. The number of carbonyl (C=O) groups is 1. The van der Waals surface area contributed by atoms with Crippen molar-refractivity contribution in [3.05, 3.63) is 47.5 Å². The fraction of sp³-hybridized carbons (Fsp3) is 0.267. The van der Waals surface area contributed by atoms with E-state index in [1.807, 2.05) is 0 Å². The van der Waals surface area contributed by atoms with Crippen LogP contribution >= 0.6 is 0 Å². The Balaban J connectivity index is 1.92. The van der Waals surface area contributed by atoms with Crippen molar-refractivity contribution in [2.75, 3.05) is 25.5 Å². The predicted octanol–water partition coefficient (Wildman–Crippen LogP) is 1.87. The number of hydrogen-bond donors (Lipinski definition) is 0. The summed E-state index contributed by atoms with van der Waals surface area (Å²) in [5.41, 5.74) is 1.50. The third-order valence-corrected chi connectivity index (χ3v) is 5.43. The summed E-state index contributed by atoms with van der Waals surface area (Å²) in [4.78, 5) is 14.0. The Labute approximate surface area is 133 Å². The highest BCUT2D eigenvalue weighted by atomic mass is 32.2. The first-order valence-corrected chi connectivity index (χ1v) is 8.36. The molecule has 8 heteroatoms. The maximum Gasteiger partial charge on any atom is 0.275 e. The van der Waals surface area contributed by atoms with Crippen molar-refractivity contribution < 1.29 is 22.0 Å². The van der Waals surface area contributed by atoms with Gasteiger partial charge in [0, 0.05) is 26.7 Å². The standard InChI is InChI=1S/C15H15FN2O4S/c1-17(2)23(20,21)14-7-11(9-22-14)15(19)18-6-5-10-3-4-12(16)8-13(10)18/h3-4,7-9H,5-6H2,1-2H3. The molecule has 0 spiro atoms. The molecule has 0 bridgehead atoms. The highest BCUT2D eigenvalue weighted by molar-refractivity contribution is 7.88. The molecule has 23 heavy (non-hydrogen) atoms. The zero-order chi connectivity index (χ0) is 16.8. The SMILES string of the molecule is CN(C)S(=O)(=O)c1cc(C(=O)N2CCc3ccc(F)cc32)co1. The number of amides is 1. The minimum atomic E-state index is -3.74. The number of furan rings is 1. The second-order valence-electron chi connectivity index (χ2n) is 5.42. The molecule has 0 radical (unpaired) electrons. The minimum Gasteiger partial charge on any atom is -0.451 e. The molecule has 3 rings (SSSR count). The predicted molar refractivity (Wildman–Crippen MR) is 81.4 cm³/mol. The van der Waals surface area contributed by atoms with Crippen molar-refractivity contribution in [3.63, 3.8) is 0 Å². The molecular weight excluding hydrogens is 323 g/mol. The van der Waals surface area contributed by atoms with Crippen LogP contribution in [0.5, 0.6) is 0 Å². The fourth-order valence-electron chi connectivity index (χ4n) is 2.46. The zero-order valence-electron chi connectivity index (χ0n) is 12.6. The fourth-order valence-corrected chi connectivity index (χ4v) is 3.27. The van der Waals surface area contributed by atoms with Gasteiger partial charge in [-0.2, -0.15) is 0 Å². The van der Waals surface area contributed by atoms with Gasteiger partial charge in [-0.25, -0.2) is 17.1 Å². The van der Waals surface area contributed by atoms with E-state index in [0.29, 0.717) is 18.7 Å². The smallest absolute Gasteiger partial charge is 0.275 e. The molecule has 0 fully saturated rings. The number of anilines is 1. The lowest BCUT2D eigenvalue weighted by atomic mass is 10.1. The van der Waals surface area contributed by atoms with E-state index in [-0.39, 0.29) is 10.7 Å². The highest BCUT2D eigenvalue weighted by Crippen LogP contribution is 2.30. The van der Waals surface area contributed by atoms with Gasteiger partial charge >= 0.3 is 0 Å². The number of hydrogen-bond acceptors (Lipinski definition) is 4. The summed E-state index contributed by atoms with van der Waals surface area (Å²) in [5.74, 6) is -0.843. The van der Waals surface area contributed by atoms with Crippen molar-refractivity contribution in [1.82, 2.24) is 4.31 Å². The minimum absolute atomic E-state index is 0.113. The molecule has 2 aromatic rings. The third-order valence-electron chi connectivity index (χ3n) is 3.75. The number of carbonyl (C=O) groups excluding carboxylic acids is 1. The van der Waals surface area contributed by atoms with Crippen LogP contribution in [0.4, 0.5) is 10.1 Å². The molecular formula is C15H15FN2O4S. The number of halogens is 1. The Morgan fingerprint density at radius 3 is 2.74 bits per heavy atom. The number of rotatable bonds is 3. The summed E-state index contributed by atoms with van der Waals surface area (Å²) in [6.07, 6.45) is 1.73. The number of fused-ring (bicyclic) bond motifs is 1. The van der Waals surface area contributed by atoms with Crippen LogP contribution in [0.2, 0.25) is 0 Å². The van der Waals surface area contributed by atoms with Crippen LogP contribution in [-0.2, 0) is 16.4 Å². The Hall–Kier alpha value is -2.19. The number of benzene rings is 1. The van der Waals surface area contributed by atoms with Gasteiger partial charge in [-0.3, -0.25) is 4.79 Å². The first kappa shape index (κ1) is 15.7. The van der Waals surface area contributed by atoms with Gasteiger partial charge in [0.05, 0.1) is 11.3 Å². The number of nitrogens with zero attached hydrogens (tertiary/aromatic N) is 2. The lowest BCUT2D eigenvalue weighted by molar-refractivity contribution is 0.0988. The van der Waals surface area contributed by atoms with E-state index >= 15 is 0 Å². The molecule has 0 unspecified atom stereocenters. The molecule has 1 aromatic heterocycles. The Kier molecular flexibility index (Phi) is 3.73.